The van der Waals surface area contributed by atoms with Gasteiger partial charge in [0.05, 0.1) is 38.6 Å². The topological polar surface area (TPSA) is 123 Å². The SMILES string of the molecule is COc1ccc(C(NC(=O)C[C@@H](/C=C/[C@H](C(=O)O)C(C)C)NC(=O)OCc2ccccc2)c2ccc(OC)cc2)cc1. The van der Waals surface area contributed by atoms with E-state index in [2.05, 4.69) is 10.6 Å². The predicted octanol–water partition coefficient (Wildman–Crippen LogP) is 5.51. The van der Waals surface area contributed by atoms with E-state index in [1.54, 1.807) is 28.1 Å². The summed E-state index contributed by atoms with van der Waals surface area (Å²) in [6, 6.07) is 22.6. The van der Waals surface area contributed by atoms with Crippen LogP contribution in [0.4, 0.5) is 4.79 Å². The molecule has 42 heavy (non-hydrogen) atoms. The van der Waals surface area contributed by atoms with Crippen LogP contribution in [-0.4, -0.2) is 43.3 Å². The van der Waals surface area contributed by atoms with Crippen LogP contribution in [0.15, 0.2) is 91.0 Å². The normalized spacial score (nSPS) is 12.5. The molecule has 9 nitrogen and oxygen atoms in total. The molecule has 0 bridgehead atoms. The first-order valence-corrected chi connectivity index (χ1v) is 13.7. The molecular weight excluding hydrogens is 536 g/mol. The van der Waals surface area contributed by atoms with Gasteiger partial charge >= 0.3 is 12.1 Å². The molecule has 0 aliphatic carbocycles. The average Bonchev–Trinajstić information content (AvgIpc) is 2.99. The van der Waals surface area contributed by atoms with E-state index in [9.17, 15) is 19.5 Å². The van der Waals surface area contributed by atoms with E-state index in [1.165, 1.54) is 12.2 Å². The van der Waals surface area contributed by atoms with Crippen LogP contribution < -0.4 is 20.1 Å². The van der Waals surface area contributed by atoms with Gasteiger partial charge in [0.25, 0.3) is 0 Å². The van der Waals surface area contributed by atoms with Crippen molar-refractivity contribution in [1.82, 2.24) is 10.6 Å². The van der Waals surface area contributed by atoms with Gasteiger partial charge in [-0.1, -0.05) is 80.6 Å². The highest BCUT2D eigenvalue weighted by Gasteiger charge is 2.23. The monoisotopic (exact) mass is 574 g/mol. The number of nitrogens with one attached hydrogen (secondary N) is 2. The lowest BCUT2D eigenvalue weighted by Crippen LogP contribution is -2.39. The summed E-state index contributed by atoms with van der Waals surface area (Å²) >= 11 is 0. The molecule has 0 saturated carbocycles. The number of ether oxygens (including phenoxy) is 3. The summed E-state index contributed by atoms with van der Waals surface area (Å²) in [5.74, 6) is -0.965. The fraction of sp³-hybridized carbons (Fsp3) is 0.303. The maximum absolute atomic E-state index is 13.4. The van der Waals surface area contributed by atoms with Gasteiger partial charge in [-0.05, 0) is 46.9 Å². The first-order valence-electron chi connectivity index (χ1n) is 13.7. The van der Waals surface area contributed by atoms with E-state index in [1.807, 2.05) is 78.9 Å². The standard InChI is InChI=1S/C33H38N2O7/c1-22(2)29(32(37)38)19-14-26(34-33(39)42-21-23-8-6-5-7-9-23)20-30(36)35-31(24-10-15-27(40-3)16-11-24)25-12-17-28(41-4)18-13-25/h5-19,22,26,29,31H,20-21H2,1-4H3,(H,34,39)(H,35,36)(H,37,38)/b19-14+/t26-,29+/m1/s1. The molecular formula is C33H38N2O7. The van der Waals surface area contributed by atoms with Crippen LogP contribution in [0.1, 0.15) is 43.0 Å². The Morgan fingerprint density at radius 3 is 1.81 bits per heavy atom. The van der Waals surface area contributed by atoms with Crippen molar-refractivity contribution in [2.45, 2.75) is 39.0 Å². The van der Waals surface area contributed by atoms with Crippen molar-refractivity contribution in [2.24, 2.45) is 11.8 Å². The molecule has 0 unspecified atom stereocenters. The van der Waals surface area contributed by atoms with Gasteiger partial charge in [-0.3, -0.25) is 9.59 Å². The molecule has 9 heteroatoms. The van der Waals surface area contributed by atoms with Gasteiger partial charge in [0.15, 0.2) is 0 Å². The first kappa shape index (κ1) is 31.7. The number of carbonyl (C=O) groups is 3. The number of alkyl carbamates (subject to hydrolysis) is 1. The highest BCUT2D eigenvalue weighted by molar-refractivity contribution is 5.79. The number of carbonyl (C=O) groups excluding carboxylic acids is 2. The molecule has 3 rings (SSSR count). The lowest BCUT2D eigenvalue weighted by atomic mass is 9.94. The summed E-state index contributed by atoms with van der Waals surface area (Å²) in [7, 11) is 3.16. The third-order valence-electron chi connectivity index (χ3n) is 6.68. The summed E-state index contributed by atoms with van der Waals surface area (Å²) in [6.45, 7) is 3.64. The second kappa shape index (κ2) is 15.9. The Kier molecular flexibility index (Phi) is 12.0. The number of hydrogen-bond acceptors (Lipinski definition) is 6. The summed E-state index contributed by atoms with van der Waals surface area (Å²) in [4.78, 5) is 37.8. The van der Waals surface area contributed by atoms with Crippen molar-refractivity contribution in [3.8, 4) is 11.5 Å². The zero-order valence-electron chi connectivity index (χ0n) is 24.3. The largest absolute Gasteiger partial charge is 0.497 e. The maximum atomic E-state index is 13.4. The third-order valence-corrected chi connectivity index (χ3v) is 6.68. The van der Waals surface area contributed by atoms with Crippen molar-refractivity contribution in [3.63, 3.8) is 0 Å². The Hall–Kier alpha value is -4.79. The number of carboxylic acids is 1. The van der Waals surface area contributed by atoms with E-state index in [4.69, 9.17) is 14.2 Å². The first-order chi connectivity index (χ1) is 20.2. The van der Waals surface area contributed by atoms with Crippen molar-refractivity contribution < 1.29 is 33.7 Å². The number of methoxy groups -OCH3 is 2. The fourth-order valence-corrected chi connectivity index (χ4v) is 4.30. The van der Waals surface area contributed by atoms with E-state index in [0.29, 0.717) is 11.5 Å². The molecule has 0 saturated heterocycles. The molecule has 0 spiro atoms. The molecule has 3 N–H and O–H groups in total. The molecule has 222 valence electrons. The summed E-state index contributed by atoms with van der Waals surface area (Å²) in [6.07, 6.45) is 2.18. The van der Waals surface area contributed by atoms with Crippen LogP contribution in [-0.2, 0) is 20.9 Å². The number of benzene rings is 3. The smallest absolute Gasteiger partial charge is 0.407 e. The minimum Gasteiger partial charge on any atom is -0.497 e. The minimum absolute atomic E-state index is 0.0516. The van der Waals surface area contributed by atoms with Gasteiger partial charge < -0.3 is 30.0 Å². The van der Waals surface area contributed by atoms with Crippen LogP contribution >= 0.6 is 0 Å². The number of rotatable bonds is 14. The van der Waals surface area contributed by atoms with Crippen molar-refractivity contribution in [2.75, 3.05) is 14.2 Å². The van der Waals surface area contributed by atoms with E-state index < -0.39 is 30.1 Å². The number of amides is 2. The highest BCUT2D eigenvalue weighted by Crippen LogP contribution is 2.26. The number of hydrogen-bond donors (Lipinski definition) is 3. The summed E-state index contributed by atoms with van der Waals surface area (Å²) < 4.78 is 15.9. The highest BCUT2D eigenvalue weighted by atomic mass is 16.5. The van der Waals surface area contributed by atoms with Crippen LogP contribution in [0.2, 0.25) is 0 Å². The molecule has 0 aliphatic heterocycles. The van der Waals surface area contributed by atoms with E-state index in [0.717, 1.165) is 16.7 Å². The van der Waals surface area contributed by atoms with Gasteiger partial charge in [-0.15, -0.1) is 0 Å². The molecule has 2 atom stereocenters. The van der Waals surface area contributed by atoms with Crippen molar-refractivity contribution >= 4 is 18.0 Å². The van der Waals surface area contributed by atoms with Gasteiger partial charge in [-0.2, -0.15) is 0 Å². The Morgan fingerprint density at radius 2 is 1.33 bits per heavy atom. The van der Waals surface area contributed by atoms with Gasteiger partial charge in [-0.25, -0.2) is 4.79 Å². The minimum atomic E-state index is -0.991. The molecule has 0 heterocycles. The molecule has 3 aromatic carbocycles. The lowest BCUT2D eigenvalue weighted by molar-refractivity contribution is -0.141. The average molecular weight is 575 g/mol. The predicted molar refractivity (Wildman–Crippen MR) is 159 cm³/mol. The molecule has 0 aromatic heterocycles. The Labute approximate surface area is 246 Å². The van der Waals surface area contributed by atoms with Crippen LogP contribution in [0, 0.1) is 11.8 Å². The second-order valence-electron chi connectivity index (χ2n) is 10.1. The summed E-state index contributed by atoms with van der Waals surface area (Å²) in [5.41, 5.74) is 2.45. The van der Waals surface area contributed by atoms with Gasteiger partial charge in [0, 0.05) is 0 Å². The van der Waals surface area contributed by atoms with E-state index >= 15 is 0 Å². The van der Waals surface area contributed by atoms with Crippen LogP contribution in [0.25, 0.3) is 0 Å². The van der Waals surface area contributed by atoms with Crippen LogP contribution in [0.3, 0.4) is 0 Å². The van der Waals surface area contributed by atoms with E-state index in [-0.39, 0.29) is 24.9 Å². The fourth-order valence-electron chi connectivity index (χ4n) is 4.30. The number of aliphatic carboxylic acids is 1. The van der Waals surface area contributed by atoms with Crippen LogP contribution in [0.5, 0.6) is 11.5 Å². The Bertz CT molecular complexity index is 1280. The molecule has 0 radical (unpaired) electrons. The van der Waals surface area contributed by atoms with Gasteiger partial charge in [0.1, 0.15) is 18.1 Å². The second-order valence-corrected chi connectivity index (χ2v) is 10.1. The Morgan fingerprint density at radius 1 is 0.786 bits per heavy atom. The van der Waals surface area contributed by atoms with Gasteiger partial charge in [0.2, 0.25) is 5.91 Å². The number of carboxylic acid groups (broad SMARTS) is 1. The molecule has 2 amide bonds. The summed E-state index contributed by atoms with van der Waals surface area (Å²) in [5, 5.41) is 15.4. The van der Waals surface area contributed by atoms with Crippen molar-refractivity contribution in [3.05, 3.63) is 108 Å². The molecule has 3 aromatic rings. The Balaban J connectivity index is 1.80. The molecule has 0 aliphatic rings. The third kappa shape index (κ3) is 9.69. The maximum Gasteiger partial charge on any atom is 0.407 e. The lowest BCUT2D eigenvalue weighted by Gasteiger charge is -2.22. The zero-order chi connectivity index (χ0) is 30.5. The van der Waals surface area contributed by atoms with Crippen molar-refractivity contribution in [1.29, 1.82) is 0 Å². The zero-order valence-corrected chi connectivity index (χ0v) is 24.3. The quantitative estimate of drug-likeness (QED) is 0.217. The molecule has 0 fully saturated rings.